The fourth-order valence-corrected chi connectivity index (χ4v) is 2.35. The first kappa shape index (κ1) is 17.5. The molecule has 0 aromatic heterocycles. The van der Waals surface area contributed by atoms with E-state index in [9.17, 15) is 18.0 Å². The van der Waals surface area contributed by atoms with Crippen molar-refractivity contribution in [2.75, 3.05) is 10.6 Å². The Morgan fingerprint density at radius 3 is 2.15 bits per heavy atom. The first-order chi connectivity index (χ1) is 12.5. The standard InChI is InChI=1S/C20H15F3N2O/c21-17-4-2-1-3-14(17)12-24-15-6-8-16(9-7-15)25-20(26)13-5-10-18(22)19(23)11-13/h1-11,24H,12H2,(H,25,26). The molecule has 1 amide bonds. The third kappa shape index (κ3) is 4.22. The number of benzene rings is 3. The molecule has 0 atom stereocenters. The summed E-state index contributed by atoms with van der Waals surface area (Å²) in [5.74, 6) is -2.91. The second-order valence-electron chi connectivity index (χ2n) is 5.61. The minimum absolute atomic E-state index is 0.0191. The van der Waals surface area contributed by atoms with Crippen LogP contribution in [0.4, 0.5) is 24.5 Å². The number of nitrogens with one attached hydrogen (secondary N) is 2. The average Bonchev–Trinajstić information content (AvgIpc) is 2.64. The van der Waals surface area contributed by atoms with Crippen molar-refractivity contribution in [2.24, 2.45) is 0 Å². The van der Waals surface area contributed by atoms with Crippen molar-refractivity contribution < 1.29 is 18.0 Å². The molecule has 0 bridgehead atoms. The lowest BCUT2D eigenvalue weighted by atomic mass is 10.2. The van der Waals surface area contributed by atoms with E-state index in [1.54, 1.807) is 42.5 Å². The highest BCUT2D eigenvalue weighted by atomic mass is 19.2. The van der Waals surface area contributed by atoms with E-state index in [1.165, 1.54) is 12.1 Å². The first-order valence-corrected chi connectivity index (χ1v) is 7.86. The van der Waals surface area contributed by atoms with Gasteiger partial charge in [-0.15, -0.1) is 0 Å². The van der Waals surface area contributed by atoms with Gasteiger partial charge in [0, 0.05) is 29.0 Å². The summed E-state index contributed by atoms with van der Waals surface area (Å²) in [5, 5.41) is 5.68. The quantitative estimate of drug-likeness (QED) is 0.678. The van der Waals surface area contributed by atoms with E-state index in [2.05, 4.69) is 10.6 Å². The van der Waals surface area contributed by atoms with Crippen LogP contribution in [0.3, 0.4) is 0 Å². The van der Waals surface area contributed by atoms with Crippen molar-refractivity contribution in [1.82, 2.24) is 0 Å². The maximum Gasteiger partial charge on any atom is 0.255 e. The number of amides is 1. The van der Waals surface area contributed by atoms with Crippen LogP contribution >= 0.6 is 0 Å². The van der Waals surface area contributed by atoms with Crippen molar-refractivity contribution in [1.29, 1.82) is 0 Å². The molecular formula is C20H15F3N2O. The molecule has 132 valence electrons. The molecule has 0 radical (unpaired) electrons. The number of carbonyl (C=O) groups is 1. The van der Waals surface area contributed by atoms with Gasteiger partial charge in [-0.05, 0) is 48.5 Å². The fraction of sp³-hybridized carbons (Fsp3) is 0.0500. The Bertz CT molecular complexity index is 927. The van der Waals surface area contributed by atoms with E-state index >= 15 is 0 Å². The summed E-state index contributed by atoms with van der Waals surface area (Å²) in [6.07, 6.45) is 0. The van der Waals surface area contributed by atoms with Crippen LogP contribution in [0.5, 0.6) is 0 Å². The highest BCUT2D eigenvalue weighted by Crippen LogP contribution is 2.17. The maximum atomic E-state index is 13.6. The Hall–Kier alpha value is -3.28. The summed E-state index contributed by atoms with van der Waals surface area (Å²) in [6, 6.07) is 16.2. The number of rotatable bonds is 5. The molecule has 3 aromatic rings. The summed E-state index contributed by atoms with van der Waals surface area (Å²) >= 11 is 0. The molecule has 3 aromatic carbocycles. The van der Waals surface area contributed by atoms with Gasteiger partial charge in [0.1, 0.15) is 5.82 Å². The van der Waals surface area contributed by atoms with Gasteiger partial charge < -0.3 is 10.6 Å². The number of hydrogen-bond acceptors (Lipinski definition) is 2. The van der Waals surface area contributed by atoms with Crippen molar-refractivity contribution in [3.63, 3.8) is 0 Å². The molecule has 0 spiro atoms. The van der Waals surface area contributed by atoms with Gasteiger partial charge in [-0.3, -0.25) is 4.79 Å². The molecule has 2 N–H and O–H groups in total. The van der Waals surface area contributed by atoms with Gasteiger partial charge in [-0.1, -0.05) is 18.2 Å². The molecule has 3 nitrogen and oxygen atoms in total. The smallest absolute Gasteiger partial charge is 0.255 e. The Morgan fingerprint density at radius 1 is 0.769 bits per heavy atom. The van der Waals surface area contributed by atoms with E-state index in [1.807, 2.05) is 0 Å². The molecule has 0 fully saturated rings. The van der Waals surface area contributed by atoms with E-state index in [0.717, 1.165) is 17.8 Å². The second-order valence-corrected chi connectivity index (χ2v) is 5.61. The van der Waals surface area contributed by atoms with Crippen molar-refractivity contribution in [2.45, 2.75) is 6.54 Å². The second kappa shape index (κ2) is 7.74. The summed E-state index contributed by atoms with van der Waals surface area (Å²) in [4.78, 5) is 12.1. The third-order valence-electron chi connectivity index (χ3n) is 3.77. The van der Waals surface area contributed by atoms with Crippen LogP contribution in [0, 0.1) is 17.5 Å². The molecular weight excluding hydrogens is 341 g/mol. The first-order valence-electron chi connectivity index (χ1n) is 7.86. The van der Waals surface area contributed by atoms with Crippen molar-refractivity contribution >= 4 is 17.3 Å². The van der Waals surface area contributed by atoms with Crippen LogP contribution in [0.25, 0.3) is 0 Å². The summed E-state index contributed by atoms with van der Waals surface area (Å²) in [5.41, 5.74) is 1.81. The average molecular weight is 356 g/mol. The highest BCUT2D eigenvalue weighted by Gasteiger charge is 2.10. The minimum Gasteiger partial charge on any atom is -0.381 e. The molecule has 0 heterocycles. The maximum absolute atomic E-state index is 13.6. The lowest BCUT2D eigenvalue weighted by molar-refractivity contribution is 0.102. The Kier molecular flexibility index (Phi) is 5.22. The molecule has 0 aliphatic rings. The predicted molar refractivity (Wildman–Crippen MR) is 94.5 cm³/mol. The molecule has 6 heteroatoms. The van der Waals surface area contributed by atoms with E-state index < -0.39 is 17.5 Å². The van der Waals surface area contributed by atoms with E-state index in [-0.39, 0.29) is 11.4 Å². The third-order valence-corrected chi connectivity index (χ3v) is 3.77. The SMILES string of the molecule is O=C(Nc1ccc(NCc2ccccc2F)cc1)c1ccc(F)c(F)c1. The summed E-state index contributed by atoms with van der Waals surface area (Å²) < 4.78 is 39.7. The molecule has 0 aliphatic heterocycles. The molecule has 0 saturated heterocycles. The largest absolute Gasteiger partial charge is 0.381 e. The monoisotopic (exact) mass is 356 g/mol. The zero-order valence-electron chi connectivity index (χ0n) is 13.6. The molecule has 26 heavy (non-hydrogen) atoms. The van der Waals surface area contributed by atoms with Gasteiger partial charge in [0.15, 0.2) is 11.6 Å². The lowest BCUT2D eigenvalue weighted by Crippen LogP contribution is -2.12. The Labute approximate surface area is 148 Å². The van der Waals surface area contributed by atoms with Crippen LogP contribution in [0.2, 0.25) is 0 Å². The van der Waals surface area contributed by atoms with Crippen molar-refractivity contribution in [3.8, 4) is 0 Å². The van der Waals surface area contributed by atoms with E-state index in [4.69, 9.17) is 0 Å². The van der Waals surface area contributed by atoms with Crippen LogP contribution in [0.15, 0.2) is 66.7 Å². The number of carbonyl (C=O) groups excluding carboxylic acids is 1. The number of hydrogen-bond donors (Lipinski definition) is 2. The molecule has 0 aliphatic carbocycles. The minimum atomic E-state index is -1.08. The van der Waals surface area contributed by atoms with Gasteiger partial charge in [0.2, 0.25) is 0 Å². The normalized spacial score (nSPS) is 10.4. The molecule has 0 unspecified atom stereocenters. The topological polar surface area (TPSA) is 41.1 Å². The number of anilines is 2. The van der Waals surface area contributed by atoms with Gasteiger partial charge >= 0.3 is 0 Å². The van der Waals surface area contributed by atoms with Crippen LogP contribution in [-0.2, 0) is 6.54 Å². The van der Waals surface area contributed by atoms with Crippen LogP contribution in [0.1, 0.15) is 15.9 Å². The summed E-state index contributed by atoms with van der Waals surface area (Å²) in [7, 11) is 0. The predicted octanol–water partition coefficient (Wildman–Crippen LogP) is 4.97. The zero-order chi connectivity index (χ0) is 18.5. The zero-order valence-corrected chi connectivity index (χ0v) is 13.6. The van der Waals surface area contributed by atoms with Gasteiger partial charge in [-0.25, -0.2) is 13.2 Å². The lowest BCUT2D eigenvalue weighted by Gasteiger charge is -2.09. The molecule has 3 rings (SSSR count). The van der Waals surface area contributed by atoms with Gasteiger partial charge in [0.25, 0.3) is 5.91 Å². The van der Waals surface area contributed by atoms with Gasteiger partial charge in [0.05, 0.1) is 0 Å². The van der Waals surface area contributed by atoms with E-state index in [0.29, 0.717) is 17.8 Å². The fourth-order valence-electron chi connectivity index (χ4n) is 2.35. The Balaban J connectivity index is 1.61. The molecule has 0 saturated carbocycles. The Morgan fingerprint density at radius 2 is 1.46 bits per heavy atom. The van der Waals surface area contributed by atoms with Crippen molar-refractivity contribution in [3.05, 3.63) is 95.3 Å². The number of halogens is 3. The van der Waals surface area contributed by atoms with Crippen LogP contribution < -0.4 is 10.6 Å². The van der Waals surface area contributed by atoms with Gasteiger partial charge in [-0.2, -0.15) is 0 Å². The van der Waals surface area contributed by atoms with Crippen LogP contribution in [-0.4, -0.2) is 5.91 Å². The summed E-state index contributed by atoms with van der Waals surface area (Å²) in [6.45, 7) is 0.327. The highest BCUT2D eigenvalue weighted by molar-refractivity contribution is 6.04.